The molecule has 0 fully saturated rings. The molecule has 0 heterocycles. The molecular weight excluding hydrogens is 315 g/mol. The van der Waals surface area contributed by atoms with Crippen molar-refractivity contribution in [3.05, 3.63) is 29.3 Å². The normalized spacial score (nSPS) is 11.2. The number of benzene rings is 1. The summed E-state index contributed by atoms with van der Waals surface area (Å²) in [6.07, 6.45) is 10.4. The molecule has 0 saturated heterocycles. The van der Waals surface area contributed by atoms with Gasteiger partial charge < -0.3 is 5.11 Å². The Bertz CT molecular complexity index is 453. The van der Waals surface area contributed by atoms with E-state index >= 15 is 0 Å². The standard InChI is InChI=1S/C11H16O.C10H21OP/c1-3-4-5-10-8-9(2)6-7-11(10)12;1-4-7-8-10(5-2,6-3)9-12-11/h6-8,12H,3-5H2,1-2H3;4-9H2,1-3H3/p+1. The molecule has 0 saturated carbocycles. The second-order valence-corrected chi connectivity index (χ2v) is 7.51. The molecule has 0 aromatic heterocycles. The molecule has 1 aromatic rings. The summed E-state index contributed by atoms with van der Waals surface area (Å²) in [5, 5.41) is 9.46. The van der Waals surface area contributed by atoms with Crippen LogP contribution in [0.1, 0.15) is 83.8 Å². The molecule has 1 aromatic carbocycles. The van der Waals surface area contributed by atoms with Crippen LogP contribution in [0.5, 0.6) is 5.75 Å². The molecule has 24 heavy (non-hydrogen) atoms. The van der Waals surface area contributed by atoms with E-state index in [2.05, 4.69) is 40.7 Å². The molecule has 0 aliphatic carbocycles. The second kappa shape index (κ2) is 13.4. The van der Waals surface area contributed by atoms with Gasteiger partial charge in [0.2, 0.25) is 0 Å². The van der Waals surface area contributed by atoms with Crippen molar-refractivity contribution in [3.8, 4) is 5.75 Å². The minimum atomic E-state index is -0.116. The fourth-order valence-electron chi connectivity index (χ4n) is 2.93. The first kappa shape index (κ1) is 23.1. The molecule has 138 valence electrons. The van der Waals surface area contributed by atoms with E-state index in [1.807, 2.05) is 6.07 Å². The second-order valence-electron chi connectivity index (χ2n) is 6.87. The van der Waals surface area contributed by atoms with E-state index in [-0.39, 0.29) is 8.46 Å². The van der Waals surface area contributed by atoms with Gasteiger partial charge in [-0.1, -0.05) is 69.2 Å². The molecular formula is C21H38O2P+. The summed E-state index contributed by atoms with van der Waals surface area (Å²) >= 11 is 0. The van der Waals surface area contributed by atoms with Crippen LogP contribution in [-0.2, 0) is 11.0 Å². The van der Waals surface area contributed by atoms with Crippen LogP contribution >= 0.6 is 8.46 Å². The number of hydrogen-bond acceptors (Lipinski definition) is 2. The Morgan fingerprint density at radius 1 is 1.04 bits per heavy atom. The first-order valence-electron chi connectivity index (χ1n) is 9.62. The Morgan fingerprint density at radius 3 is 2.17 bits per heavy atom. The van der Waals surface area contributed by atoms with E-state index in [0.29, 0.717) is 11.2 Å². The summed E-state index contributed by atoms with van der Waals surface area (Å²) in [6.45, 7) is 10.9. The van der Waals surface area contributed by atoms with E-state index in [1.165, 1.54) is 44.1 Å². The van der Waals surface area contributed by atoms with Crippen molar-refractivity contribution in [2.75, 3.05) is 6.16 Å². The molecule has 1 N–H and O–H groups in total. The minimum Gasteiger partial charge on any atom is -0.508 e. The molecule has 1 atom stereocenters. The zero-order valence-corrected chi connectivity index (χ0v) is 17.5. The van der Waals surface area contributed by atoms with Crippen LogP contribution in [0.25, 0.3) is 0 Å². The number of phenolic OH excluding ortho intramolecular Hbond substituents is 1. The number of unbranched alkanes of at least 4 members (excludes halogenated alkanes) is 2. The molecule has 3 heteroatoms. The third-order valence-electron chi connectivity index (χ3n) is 5.04. The summed E-state index contributed by atoms with van der Waals surface area (Å²) in [5.41, 5.74) is 2.69. The first-order valence-corrected chi connectivity index (χ1v) is 10.7. The lowest BCUT2D eigenvalue weighted by Crippen LogP contribution is -2.20. The highest BCUT2D eigenvalue weighted by Gasteiger charge is 2.28. The van der Waals surface area contributed by atoms with Crippen LogP contribution in [0.15, 0.2) is 18.2 Å². The van der Waals surface area contributed by atoms with Crippen molar-refractivity contribution >= 4 is 8.46 Å². The summed E-state index contributed by atoms with van der Waals surface area (Å²) in [4.78, 5) is 0. The Morgan fingerprint density at radius 2 is 1.67 bits per heavy atom. The Balaban J connectivity index is 0.000000441. The maximum absolute atomic E-state index is 10.7. The van der Waals surface area contributed by atoms with Gasteiger partial charge in [-0.05, 0) is 50.7 Å². The number of phenols is 1. The lowest BCUT2D eigenvalue weighted by molar-refractivity contribution is 0.270. The molecule has 1 unspecified atom stereocenters. The van der Waals surface area contributed by atoms with Gasteiger partial charge in [0.15, 0.2) is 0 Å². The average molecular weight is 354 g/mol. The highest BCUT2D eigenvalue weighted by atomic mass is 31.1. The van der Waals surface area contributed by atoms with Gasteiger partial charge in [-0.2, -0.15) is 0 Å². The first-order chi connectivity index (χ1) is 11.5. The molecule has 2 nitrogen and oxygen atoms in total. The van der Waals surface area contributed by atoms with Crippen molar-refractivity contribution < 1.29 is 9.67 Å². The van der Waals surface area contributed by atoms with Gasteiger partial charge in [-0.25, -0.2) is 0 Å². The van der Waals surface area contributed by atoms with Gasteiger partial charge in [-0.3, -0.25) is 0 Å². The van der Waals surface area contributed by atoms with Crippen LogP contribution in [0, 0.1) is 12.3 Å². The SMILES string of the molecule is CCCCC(CC)(CC)C[PH+]=O.CCCCc1cc(C)ccc1O. The van der Waals surface area contributed by atoms with E-state index < -0.39 is 0 Å². The molecule has 0 aliphatic rings. The topological polar surface area (TPSA) is 37.3 Å². The molecule has 0 radical (unpaired) electrons. The van der Waals surface area contributed by atoms with Crippen LogP contribution in [0.3, 0.4) is 0 Å². The molecule has 0 spiro atoms. The number of aromatic hydroxyl groups is 1. The van der Waals surface area contributed by atoms with Gasteiger partial charge >= 0.3 is 8.46 Å². The molecule has 1 rings (SSSR count). The summed E-state index contributed by atoms with van der Waals surface area (Å²) in [7, 11) is -0.116. The lowest BCUT2D eigenvalue weighted by atomic mass is 9.80. The van der Waals surface area contributed by atoms with E-state index in [9.17, 15) is 9.67 Å². The lowest BCUT2D eigenvalue weighted by Gasteiger charge is -2.26. The third-order valence-corrected chi connectivity index (χ3v) is 5.94. The summed E-state index contributed by atoms with van der Waals surface area (Å²) in [6, 6.07) is 5.77. The quantitative estimate of drug-likeness (QED) is 0.458. The monoisotopic (exact) mass is 353 g/mol. The largest absolute Gasteiger partial charge is 0.508 e. The van der Waals surface area contributed by atoms with E-state index in [1.54, 1.807) is 6.07 Å². The van der Waals surface area contributed by atoms with Crippen LogP contribution in [-0.4, -0.2) is 11.3 Å². The van der Waals surface area contributed by atoms with Gasteiger partial charge in [0.05, 0.1) is 0 Å². The van der Waals surface area contributed by atoms with Gasteiger partial charge in [-0.15, -0.1) is 0 Å². The van der Waals surface area contributed by atoms with Crippen LogP contribution in [0.2, 0.25) is 0 Å². The zero-order valence-electron chi connectivity index (χ0n) is 16.5. The number of aryl methyl sites for hydroxylation is 2. The van der Waals surface area contributed by atoms with Gasteiger partial charge in [0.25, 0.3) is 0 Å². The number of rotatable bonds is 10. The highest BCUT2D eigenvalue weighted by Crippen LogP contribution is 2.35. The van der Waals surface area contributed by atoms with Crippen molar-refractivity contribution in [1.29, 1.82) is 0 Å². The Labute approximate surface area is 151 Å². The fraction of sp³-hybridized carbons (Fsp3) is 0.714. The van der Waals surface area contributed by atoms with Gasteiger partial charge in [0, 0.05) is 5.41 Å². The van der Waals surface area contributed by atoms with Crippen molar-refractivity contribution in [1.82, 2.24) is 0 Å². The predicted octanol–water partition coefficient (Wildman–Crippen LogP) is 7.05. The van der Waals surface area contributed by atoms with Crippen molar-refractivity contribution in [3.63, 3.8) is 0 Å². The molecule has 0 aliphatic heterocycles. The highest BCUT2D eigenvalue weighted by molar-refractivity contribution is 7.23. The predicted molar refractivity (Wildman–Crippen MR) is 108 cm³/mol. The zero-order chi connectivity index (χ0) is 18.4. The van der Waals surface area contributed by atoms with Gasteiger partial charge in [0.1, 0.15) is 11.9 Å². The minimum absolute atomic E-state index is 0.116. The van der Waals surface area contributed by atoms with Crippen molar-refractivity contribution in [2.45, 2.75) is 86.0 Å². The van der Waals surface area contributed by atoms with Crippen molar-refractivity contribution in [2.24, 2.45) is 5.41 Å². The Hall–Kier alpha value is -0.880. The molecule has 0 amide bonds. The maximum Gasteiger partial charge on any atom is 0.325 e. The number of hydrogen-bond donors (Lipinski definition) is 1. The van der Waals surface area contributed by atoms with E-state index in [4.69, 9.17) is 0 Å². The average Bonchev–Trinajstić information content (AvgIpc) is 2.60. The summed E-state index contributed by atoms with van der Waals surface area (Å²) in [5.74, 6) is 0.439. The van der Waals surface area contributed by atoms with Crippen LogP contribution in [0.4, 0.5) is 0 Å². The van der Waals surface area contributed by atoms with E-state index in [0.717, 1.165) is 24.6 Å². The van der Waals surface area contributed by atoms with Crippen LogP contribution < -0.4 is 0 Å². The smallest absolute Gasteiger partial charge is 0.325 e. The third kappa shape index (κ3) is 8.83. The Kier molecular flexibility index (Phi) is 12.9. The molecule has 0 bridgehead atoms. The summed E-state index contributed by atoms with van der Waals surface area (Å²) < 4.78 is 10.7. The maximum atomic E-state index is 10.7. The fourth-order valence-corrected chi connectivity index (χ4v) is 3.91.